The zero-order valence-electron chi connectivity index (χ0n) is 23.1. The monoisotopic (exact) mass is 535 g/mol. The van der Waals surface area contributed by atoms with Crippen LogP contribution in [0.15, 0.2) is 78.0 Å². The minimum absolute atomic E-state index is 0.00302. The number of benzene rings is 4. The van der Waals surface area contributed by atoms with E-state index >= 15 is 0 Å². The maximum atomic E-state index is 14.0. The third kappa shape index (κ3) is 4.61. The van der Waals surface area contributed by atoms with E-state index in [-0.39, 0.29) is 5.78 Å². The normalized spacial score (nSPS) is 15.2. The lowest BCUT2D eigenvalue weighted by Crippen LogP contribution is -2.36. The molecule has 1 N–H and O–H groups in total. The summed E-state index contributed by atoms with van der Waals surface area (Å²) in [5.74, 6) is 0.00302. The minimum Gasteiger partial charge on any atom is -0.378 e. The number of ketones is 1. The summed E-state index contributed by atoms with van der Waals surface area (Å²) in [5.41, 5.74) is 6.22. The van der Waals surface area contributed by atoms with E-state index in [0.717, 1.165) is 63.5 Å². The first-order valence-electron chi connectivity index (χ1n) is 13.8. The van der Waals surface area contributed by atoms with E-state index in [2.05, 4.69) is 45.8 Å². The maximum Gasteiger partial charge on any atom is 0.221 e. The number of aryl methyl sites for hydroxylation is 1. The van der Waals surface area contributed by atoms with Crippen LogP contribution in [0, 0.1) is 0 Å². The van der Waals surface area contributed by atoms with E-state index in [1.807, 2.05) is 55.5 Å². The van der Waals surface area contributed by atoms with Crippen LogP contribution in [0.4, 0.5) is 5.69 Å². The molecular formula is C33H33N3O4. The number of aliphatic hydroxyl groups is 1. The van der Waals surface area contributed by atoms with Crippen molar-refractivity contribution in [3.05, 3.63) is 89.5 Å². The first kappa shape index (κ1) is 26.0. The molecule has 7 nitrogen and oxygen atoms in total. The number of rotatable bonds is 7. The lowest BCUT2D eigenvalue weighted by atomic mass is 9.95. The van der Waals surface area contributed by atoms with Crippen molar-refractivity contribution in [2.75, 3.05) is 31.2 Å². The molecule has 6 rings (SSSR count). The van der Waals surface area contributed by atoms with Gasteiger partial charge in [-0.15, -0.1) is 0 Å². The van der Waals surface area contributed by atoms with Crippen LogP contribution in [0.5, 0.6) is 0 Å². The molecule has 1 aliphatic heterocycles. The number of fused-ring (bicyclic) bond motifs is 4. The molecule has 0 aliphatic carbocycles. The van der Waals surface area contributed by atoms with Gasteiger partial charge in [0.05, 0.1) is 18.9 Å². The minimum atomic E-state index is -0.978. The van der Waals surface area contributed by atoms with Crippen molar-refractivity contribution in [2.24, 2.45) is 5.16 Å². The number of aliphatic hydroxyl groups excluding tert-OH is 1. The van der Waals surface area contributed by atoms with Gasteiger partial charge < -0.3 is 24.1 Å². The average molecular weight is 536 g/mol. The van der Waals surface area contributed by atoms with E-state index in [0.29, 0.717) is 30.1 Å². The third-order valence-corrected chi connectivity index (χ3v) is 7.70. The summed E-state index contributed by atoms with van der Waals surface area (Å²) in [5, 5.41) is 17.6. The highest BCUT2D eigenvalue weighted by Gasteiger charge is 2.20. The molecule has 1 saturated heterocycles. The maximum absolute atomic E-state index is 14.0. The molecular weight excluding hydrogens is 502 g/mol. The van der Waals surface area contributed by atoms with Crippen LogP contribution in [-0.4, -0.2) is 53.8 Å². The molecule has 0 radical (unpaired) electrons. The summed E-state index contributed by atoms with van der Waals surface area (Å²) < 4.78 is 7.81. The number of nitrogens with zero attached hydrogens (tertiary/aromatic N) is 3. The Labute approximate surface area is 233 Å². The van der Waals surface area contributed by atoms with Crippen LogP contribution >= 0.6 is 0 Å². The van der Waals surface area contributed by atoms with Gasteiger partial charge in [0.1, 0.15) is 0 Å². The molecule has 1 atom stereocenters. The second-order valence-corrected chi connectivity index (χ2v) is 10.2. The zero-order valence-corrected chi connectivity index (χ0v) is 23.1. The molecule has 0 saturated carbocycles. The Morgan fingerprint density at radius 1 is 0.925 bits per heavy atom. The number of hydrogen-bond acceptors (Lipinski definition) is 6. The quantitative estimate of drug-likeness (QED) is 0.118. The Morgan fingerprint density at radius 3 is 2.25 bits per heavy atom. The van der Waals surface area contributed by atoms with Gasteiger partial charge in [0, 0.05) is 70.6 Å². The highest BCUT2D eigenvalue weighted by Crippen LogP contribution is 2.34. The molecule has 1 fully saturated rings. The summed E-state index contributed by atoms with van der Waals surface area (Å²) in [6, 6.07) is 24.4. The van der Waals surface area contributed by atoms with E-state index in [1.54, 1.807) is 0 Å². The molecule has 2 heterocycles. The second kappa shape index (κ2) is 10.8. The molecule has 1 unspecified atom stereocenters. The van der Waals surface area contributed by atoms with Gasteiger partial charge >= 0.3 is 0 Å². The molecule has 0 spiro atoms. The van der Waals surface area contributed by atoms with Crippen molar-refractivity contribution in [3.63, 3.8) is 0 Å². The fourth-order valence-corrected chi connectivity index (χ4v) is 5.74. The van der Waals surface area contributed by atoms with Gasteiger partial charge in [-0.1, -0.05) is 35.5 Å². The van der Waals surface area contributed by atoms with Crippen molar-refractivity contribution < 1.29 is 19.5 Å². The molecule has 4 aromatic carbocycles. The standard InChI is InChI=1S/C33H33N3O4/c1-4-36-31-12-9-23(21(2)34-40-22(3)37)19-28(31)29-20-24(10-13-32(29)36)33(38)27-11-14-30(35-15-17-39-18-16-35)26-8-6-5-7-25(26)27/h5-14,19-20,22,37H,4,15-18H2,1-3H3/b34-21+. The molecule has 40 heavy (non-hydrogen) atoms. The molecule has 204 valence electrons. The summed E-state index contributed by atoms with van der Waals surface area (Å²) in [6.07, 6.45) is -0.978. The van der Waals surface area contributed by atoms with Gasteiger partial charge in [0.25, 0.3) is 0 Å². The fraction of sp³-hybridized carbons (Fsp3) is 0.273. The van der Waals surface area contributed by atoms with Crippen LogP contribution in [-0.2, 0) is 16.1 Å². The van der Waals surface area contributed by atoms with Crippen molar-refractivity contribution in [3.8, 4) is 0 Å². The lowest BCUT2D eigenvalue weighted by molar-refractivity contribution is -0.0837. The summed E-state index contributed by atoms with van der Waals surface area (Å²) in [7, 11) is 0. The number of anilines is 1. The van der Waals surface area contributed by atoms with Crippen LogP contribution in [0.25, 0.3) is 32.6 Å². The average Bonchev–Trinajstić information content (AvgIpc) is 3.31. The van der Waals surface area contributed by atoms with Gasteiger partial charge in [-0.2, -0.15) is 0 Å². The number of morpholine rings is 1. The van der Waals surface area contributed by atoms with Crippen LogP contribution in [0.2, 0.25) is 0 Å². The Balaban J connectivity index is 1.45. The number of carbonyl (C=O) groups excluding carboxylic acids is 1. The molecule has 0 bridgehead atoms. The predicted octanol–water partition coefficient (Wildman–Crippen LogP) is 6.11. The van der Waals surface area contributed by atoms with Crippen LogP contribution in [0.3, 0.4) is 0 Å². The Kier molecular flexibility index (Phi) is 7.00. The Bertz CT molecular complexity index is 1760. The Hall–Kier alpha value is -4.20. The van der Waals surface area contributed by atoms with Crippen molar-refractivity contribution in [1.82, 2.24) is 4.57 Å². The highest BCUT2D eigenvalue weighted by molar-refractivity contribution is 6.20. The molecule has 5 aromatic rings. The fourth-order valence-electron chi connectivity index (χ4n) is 5.74. The smallest absolute Gasteiger partial charge is 0.221 e. The lowest BCUT2D eigenvalue weighted by Gasteiger charge is -2.30. The second-order valence-electron chi connectivity index (χ2n) is 10.2. The molecule has 1 aliphatic rings. The van der Waals surface area contributed by atoms with Crippen LogP contribution < -0.4 is 4.90 Å². The van der Waals surface area contributed by atoms with Gasteiger partial charge in [-0.3, -0.25) is 4.79 Å². The Morgan fingerprint density at radius 2 is 1.57 bits per heavy atom. The zero-order chi connectivity index (χ0) is 27.8. The van der Waals surface area contributed by atoms with Crippen molar-refractivity contribution >= 4 is 49.8 Å². The largest absolute Gasteiger partial charge is 0.378 e. The van der Waals surface area contributed by atoms with Gasteiger partial charge in [0.15, 0.2) is 5.78 Å². The van der Waals surface area contributed by atoms with Crippen molar-refractivity contribution in [1.29, 1.82) is 0 Å². The number of aromatic nitrogens is 1. The highest BCUT2D eigenvalue weighted by atomic mass is 16.7. The number of oxime groups is 1. The van der Waals surface area contributed by atoms with E-state index in [9.17, 15) is 9.90 Å². The van der Waals surface area contributed by atoms with E-state index in [1.165, 1.54) is 6.92 Å². The van der Waals surface area contributed by atoms with Crippen molar-refractivity contribution in [2.45, 2.75) is 33.6 Å². The summed E-state index contributed by atoms with van der Waals surface area (Å²) in [4.78, 5) is 21.4. The number of hydrogen-bond donors (Lipinski definition) is 1. The van der Waals surface area contributed by atoms with E-state index in [4.69, 9.17) is 9.57 Å². The molecule has 7 heteroatoms. The number of carbonyl (C=O) groups is 1. The predicted molar refractivity (Wildman–Crippen MR) is 161 cm³/mol. The topological polar surface area (TPSA) is 76.3 Å². The first-order valence-corrected chi connectivity index (χ1v) is 13.8. The van der Waals surface area contributed by atoms with Gasteiger partial charge in [0.2, 0.25) is 6.29 Å². The van der Waals surface area contributed by atoms with Gasteiger partial charge in [-0.25, -0.2) is 0 Å². The summed E-state index contributed by atoms with van der Waals surface area (Å²) >= 11 is 0. The third-order valence-electron chi connectivity index (χ3n) is 7.70. The summed E-state index contributed by atoms with van der Waals surface area (Å²) in [6.45, 7) is 9.40. The van der Waals surface area contributed by atoms with E-state index < -0.39 is 6.29 Å². The SMILES string of the molecule is CCn1c2ccc(C(=O)c3ccc(N4CCOCC4)c4ccccc34)cc2c2cc(/C(C)=N/OC(C)O)ccc21. The molecule has 1 aromatic heterocycles. The molecule has 0 amide bonds. The van der Waals surface area contributed by atoms with Crippen LogP contribution in [0.1, 0.15) is 42.3 Å². The van der Waals surface area contributed by atoms with Gasteiger partial charge in [-0.05, 0) is 67.3 Å². The first-order chi connectivity index (χ1) is 19.5. The number of ether oxygens (including phenoxy) is 1.